The molecule has 1 amide bonds. The van der Waals surface area contributed by atoms with Crippen molar-refractivity contribution in [2.24, 2.45) is 0 Å². The van der Waals surface area contributed by atoms with Crippen molar-refractivity contribution in [2.75, 3.05) is 5.32 Å². The summed E-state index contributed by atoms with van der Waals surface area (Å²) in [6.07, 6.45) is 6.82. The Hall–Kier alpha value is -1.32. The van der Waals surface area contributed by atoms with Crippen molar-refractivity contribution < 1.29 is 9.32 Å². The molecule has 0 spiro atoms. The zero-order valence-electron chi connectivity index (χ0n) is 9.71. The zero-order chi connectivity index (χ0) is 11.4. The number of amides is 1. The summed E-state index contributed by atoms with van der Waals surface area (Å²) < 4.78 is 5.13. The van der Waals surface area contributed by atoms with E-state index in [1.54, 1.807) is 0 Å². The molecule has 1 N–H and O–H groups in total. The highest BCUT2D eigenvalue weighted by Crippen LogP contribution is 2.28. The number of nitrogens with zero attached hydrogens (tertiary/aromatic N) is 1. The molecule has 88 valence electrons. The minimum absolute atomic E-state index is 0.0410. The minimum atomic E-state index is 0.0410. The van der Waals surface area contributed by atoms with Gasteiger partial charge >= 0.3 is 0 Å². The van der Waals surface area contributed by atoms with Gasteiger partial charge in [0.15, 0.2) is 0 Å². The summed E-state index contributed by atoms with van der Waals surface area (Å²) in [7, 11) is 0. The molecule has 1 aromatic heterocycles. The first-order chi connectivity index (χ1) is 7.81. The van der Waals surface area contributed by atoms with Gasteiger partial charge < -0.3 is 4.52 Å². The Bertz CT molecular complexity index is 371. The van der Waals surface area contributed by atoms with E-state index >= 15 is 0 Å². The SMILES string of the molecule is CCCCCC(=O)Nc1onc2c1CCC2. The summed E-state index contributed by atoms with van der Waals surface area (Å²) in [5.74, 6) is 0.619. The van der Waals surface area contributed by atoms with E-state index in [0.29, 0.717) is 12.3 Å². The molecule has 4 nitrogen and oxygen atoms in total. The number of hydrogen-bond acceptors (Lipinski definition) is 3. The molecule has 0 unspecified atom stereocenters. The van der Waals surface area contributed by atoms with E-state index < -0.39 is 0 Å². The van der Waals surface area contributed by atoms with Gasteiger partial charge in [-0.2, -0.15) is 0 Å². The van der Waals surface area contributed by atoms with Gasteiger partial charge in [0, 0.05) is 12.0 Å². The maximum atomic E-state index is 11.6. The standard InChI is InChI=1S/C12H18N2O2/c1-2-3-4-8-11(15)13-12-9-6-5-7-10(9)14-16-12/h2-8H2,1H3,(H,13,15). The fourth-order valence-corrected chi connectivity index (χ4v) is 2.05. The molecule has 0 radical (unpaired) electrons. The highest BCUT2D eigenvalue weighted by Gasteiger charge is 2.21. The lowest BCUT2D eigenvalue weighted by molar-refractivity contribution is -0.116. The summed E-state index contributed by atoms with van der Waals surface area (Å²) in [6.45, 7) is 2.13. The first-order valence-electron chi connectivity index (χ1n) is 6.08. The smallest absolute Gasteiger partial charge is 0.234 e. The second kappa shape index (κ2) is 5.14. The van der Waals surface area contributed by atoms with Crippen LogP contribution in [0.2, 0.25) is 0 Å². The van der Waals surface area contributed by atoms with Crippen molar-refractivity contribution in [1.29, 1.82) is 0 Å². The van der Waals surface area contributed by atoms with Crippen LogP contribution in [-0.2, 0) is 17.6 Å². The van der Waals surface area contributed by atoms with Gasteiger partial charge in [0.1, 0.15) is 0 Å². The number of unbranched alkanes of at least 4 members (excludes halogenated alkanes) is 2. The number of aromatic nitrogens is 1. The van der Waals surface area contributed by atoms with E-state index in [9.17, 15) is 4.79 Å². The first kappa shape index (κ1) is 11.2. The van der Waals surface area contributed by atoms with Gasteiger partial charge in [-0.1, -0.05) is 24.9 Å². The quantitative estimate of drug-likeness (QED) is 0.779. The van der Waals surface area contributed by atoms with Gasteiger partial charge in [0.25, 0.3) is 0 Å². The van der Waals surface area contributed by atoms with Gasteiger partial charge in [-0.05, 0) is 25.7 Å². The Kier molecular flexibility index (Phi) is 3.59. The molecule has 1 aliphatic carbocycles. The van der Waals surface area contributed by atoms with Gasteiger partial charge in [-0.15, -0.1) is 0 Å². The van der Waals surface area contributed by atoms with E-state index in [2.05, 4.69) is 17.4 Å². The highest BCUT2D eigenvalue weighted by atomic mass is 16.5. The molecular formula is C12H18N2O2. The molecule has 0 saturated heterocycles. The Morgan fingerprint density at radius 2 is 2.31 bits per heavy atom. The van der Waals surface area contributed by atoms with E-state index in [-0.39, 0.29) is 5.91 Å². The van der Waals surface area contributed by atoms with E-state index in [1.165, 1.54) is 0 Å². The van der Waals surface area contributed by atoms with E-state index in [1.807, 2.05) is 0 Å². The number of hydrogen-bond donors (Lipinski definition) is 1. The average molecular weight is 222 g/mol. The third kappa shape index (κ3) is 2.43. The van der Waals surface area contributed by atoms with Crippen molar-refractivity contribution >= 4 is 11.8 Å². The van der Waals surface area contributed by atoms with Crippen LogP contribution in [0, 0.1) is 0 Å². The van der Waals surface area contributed by atoms with Crippen molar-refractivity contribution in [3.63, 3.8) is 0 Å². The third-order valence-electron chi connectivity index (χ3n) is 2.97. The number of aryl methyl sites for hydroxylation is 1. The van der Waals surface area contributed by atoms with Crippen LogP contribution in [0.15, 0.2) is 4.52 Å². The fourth-order valence-electron chi connectivity index (χ4n) is 2.05. The van der Waals surface area contributed by atoms with Gasteiger partial charge in [0.2, 0.25) is 11.8 Å². The average Bonchev–Trinajstić information content (AvgIpc) is 2.83. The topological polar surface area (TPSA) is 55.1 Å². The fraction of sp³-hybridized carbons (Fsp3) is 0.667. The Balaban J connectivity index is 1.86. The molecule has 1 aromatic rings. The van der Waals surface area contributed by atoms with Crippen LogP contribution >= 0.6 is 0 Å². The monoisotopic (exact) mass is 222 g/mol. The van der Waals surface area contributed by atoms with Crippen LogP contribution in [0.4, 0.5) is 5.88 Å². The Morgan fingerprint density at radius 1 is 1.44 bits per heavy atom. The van der Waals surface area contributed by atoms with E-state index in [4.69, 9.17) is 4.52 Å². The van der Waals surface area contributed by atoms with Crippen molar-refractivity contribution in [1.82, 2.24) is 5.16 Å². The number of anilines is 1. The molecule has 2 rings (SSSR count). The molecule has 16 heavy (non-hydrogen) atoms. The Morgan fingerprint density at radius 3 is 3.12 bits per heavy atom. The van der Waals surface area contributed by atoms with Crippen molar-refractivity contribution in [3.05, 3.63) is 11.3 Å². The van der Waals surface area contributed by atoms with Crippen LogP contribution in [-0.4, -0.2) is 11.1 Å². The molecule has 1 heterocycles. The van der Waals surface area contributed by atoms with Crippen LogP contribution < -0.4 is 5.32 Å². The molecule has 0 atom stereocenters. The summed E-state index contributed by atoms with van der Waals surface area (Å²) in [4.78, 5) is 11.6. The van der Waals surface area contributed by atoms with E-state index in [0.717, 1.165) is 49.8 Å². The normalized spacial score (nSPS) is 13.8. The summed E-state index contributed by atoms with van der Waals surface area (Å²) in [5.41, 5.74) is 2.12. The largest absolute Gasteiger partial charge is 0.338 e. The highest BCUT2D eigenvalue weighted by molar-refractivity contribution is 5.90. The van der Waals surface area contributed by atoms with Gasteiger partial charge in [0.05, 0.1) is 5.69 Å². The van der Waals surface area contributed by atoms with Gasteiger partial charge in [-0.3, -0.25) is 10.1 Å². The Labute approximate surface area is 95.4 Å². The first-order valence-corrected chi connectivity index (χ1v) is 6.08. The maximum absolute atomic E-state index is 11.6. The second-order valence-electron chi connectivity index (χ2n) is 4.30. The van der Waals surface area contributed by atoms with Crippen LogP contribution in [0.3, 0.4) is 0 Å². The van der Waals surface area contributed by atoms with Gasteiger partial charge in [-0.25, -0.2) is 0 Å². The summed E-state index contributed by atoms with van der Waals surface area (Å²) >= 11 is 0. The predicted molar refractivity (Wildman–Crippen MR) is 61.3 cm³/mol. The third-order valence-corrected chi connectivity index (χ3v) is 2.97. The molecule has 1 aliphatic rings. The minimum Gasteiger partial charge on any atom is -0.338 e. The molecular weight excluding hydrogens is 204 g/mol. The number of carbonyl (C=O) groups excluding carboxylic acids is 1. The second-order valence-corrected chi connectivity index (χ2v) is 4.30. The molecule has 0 aliphatic heterocycles. The molecule has 4 heteroatoms. The lowest BCUT2D eigenvalue weighted by atomic mass is 10.2. The molecule has 0 saturated carbocycles. The maximum Gasteiger partial charge on any atom is 0.234 e. The number of fused-ring (bicyclic) bond motifs is 1. The van der Waals surface area contributed by atoms with Crippen molar-refractivity contribution in [3.8, 4) is 0 Å². The molecule has 0 aromatic carbocycles. The predicted octanol–water partition coefficient (Wildman–Crippen LogP) is 2.68. The molecule has 0 fully saturated rings. The lowest BCUT2D eigenvalue weighted by Gasteiger charge is -2.01. The summed E-state index contributed by atoms with van der Waals surface area (Å²) in [6, 6.07) is 0. The number of rotatable bonds is 5. The van der Waals surface area contributed by atoms with Crippen LogP contribution in [0.25, 0.3) is 0 Å². The number of carbonyl (C=O) groups is 1. The molecule has 0 bridgehead atoms. The number of nitrogens with one attached hydrogen (secondary N) is 1. The lowest BCUT2D eigenvalue weighted by Crippen LogP contribution is -2.11. The summed E-state index contributed by atoms with van der Waals surface area (Å²) in [5, 5.41) is 6.77. The van der Waals surface area contributed by atoms with Crippen molar-refractivity contribution in [2.45, 2.75) is 51.9 Å². The zero-order valence-corrected chi connectivity index (χ0v) is 9.71. The van der Waals surface area contributed by atoms with Crippen LogP contribution in [0.1, 0.15) is 50.3 Å². The van der Waals surface area contributed by atoms with Crippen LogP contribution in [0.5, 0.6) is 0 Å².